The lowest BCUT2D eigenvalue weighted by Gasteiger charge is -2.38. The molecule has 0 spiro atoms. The summed E-state index contributed by atoms with van der Waals surface area (Å²) in [6.07, 6.45) is 5.53. The molecule has 0 bridgehead atoms. The molecule has 0 radical (unpaired) electrons. The normalized spacial score (nSPS) is 16.6. The summed E-state index contributed by atoms with van der Waals surface area (Å²) in [5, 5.41) is 8.20. The monoisotopic (exact) mass is 403 g/mol. The van der Waals surface area contributed by atoms with Gasteiger partial charge in [-0.2, -0.15) is 4.39 Å². The zero-order valence-corrected chi connectivity index (χ0v) is 16.8. The van der Waals surface area contributed by atoms with E-state index in [0.29, 0.717) is 5.92 Å². The maximum absolute atomic E-state index is 13.4. The Morgan fingerprint density at radius 2 is 1.83 bits per heavy atom. The fourth-order valence-corrected chi connectivity index (χ4v) is 4.22. The Hall–Kier alpha value is -3.47. The number of nitrogens with zero attached hydrogens (tertiary/aromatic N) is 7. The van der Waals surface area contributed by atoms with Gasteiger partial charge in [-0.25, -0.2) is 9.83 Å². The minimum atomic E-state index is -0.502. The van der Waals surface area contributed by atoms with Crippen molar-refractivity contribution in [1.82, 2.24) is 19.7 Å². The van der Waals surface area contributed by atoms with Crippen LogP contribution >= 0.6 is 0 Å². The minimum absolute atomic E-state index is 0.480. The molecule has 7 nitrogen and oxygen atoms in total. The number of aromatic nitrogens is 4. The number of hydrogen-bond acceptors (Lipinski definition) is 5. The molecule has 2 fully saturated rings. The van der Waals surface area contributed by atoms with Crippen molar-refractivity contribution in [2.75, 3.05) is 36.0 Å². The summed E-state index contributed by atoms with van der Waals surface area (Å²) in [6.45, 7) is 11.0. The Kier molecular flexibility index (Phi) is 4.58. The molecule has 1 saturated heterocycles. The van der Waals surface area contributed by atoms with Gasteiger partial charge in [0.05, 0.1) is 12.3 Å². The Balaban J connectivity index is 1.53. The van der Waals surface area contributed by atoms with Crippen LogP contribution in [0.4, 0.5) is 21.7 Å². The number of piperazine rings is 1. The van der Waals surface area contributed by atoms with Crippen LogP contribution in [0.25, 0.3) is 16.0 Å². The highest BCUT2D eigenvalue weighted by Gasteiger charge is 2.31. The van der Waals surface area contributed by atoms with Crippen LogP contribution in [0.15, 0.2) is 36.8 Å². The van der Waals surface area contributed by atoms with Gasteiger partial charge in [-0.1, -0.05) is 12.1 Å². The smallest absolute Gasteiger partial charge is 0.226 e. The molecule has 0 N–H and O–H groups in total. The van der Waals surface area contributed by atoms with E-state index in [-0.39, 0.29) is 0 Å². The van der Waals surface area contributed by atoms with Crippen LogP contribution in [-0.2, 0) is 7.05 Å². The molecule has 3 aromatic rings. The Labute approximate surface area is 174 Å². The molecule has 3 heterocycles. The third kappa shape index (κ3) is 3.26. The zero-order chi connectivity index (χ0) is 20.7. The third-order valence-electron chi connectivity index (χ3n) is 5.92. The topological polar surface area (TPSA) is 54.4 Å². The first-order valence-corrected chi connectivity index (χ1v) is 10.2. The van der Waals surface area contributed by atoms with Crippen molar-refractivity contribution < 1.29 is 4.39 Å². The van der Waals surface area contributed by atoms with Gasteiger partial charge < -0.3 is 14.4 Å². The number of pyridine rings is 1. The van der Waals surface area contributed by atoms with Crippen molar-refractivity contribution in [2.45, 2.75) is 18.8 Å². The molecule has 0 amide bonds. The van der Waals surface area contributed by atoms with Crippen molar-refractivity contribution in [1.29, 1.82) is 0 Å². The first-order valence-electron chi connectivity index (χ1n) is 10.2. The van der Waals surface area contributed by atoms with E-state index in [1.54, 1.807) is 18.6 Å². The van der Waals surface area contributed by atoms with E-state index in [1.807, 2.05) is 11.6 Å². The quantitative estimate of drug-likeness (QED) is 0.490. The van der Waals surface area contributed by atoms with Crippen LogP contribution in [0.2, 0.25) is 0 Å². The molecule has 1 saturated carbocycles. The predicted molar refractivity (Wildman–Crippen MR) is 113 cm³/mol. The van der Waals surface area contributed by atoms with Gasteiger partial charge in [-0.3, -0.25) is 0 Å². The summed E-state index contributed by atoms with van der Waals surface area (Å²) in [5.41, 5.74) is 4.57. The van der Waals surface area contributed by atoms with Crippen LogP contribution in [0.1, 0.15) is 24.3 Å². The van der Waals surface area contributed by atoms with E-state index in [9.17, 15) is 4.39 Å². The highest BCUT2D eigenvalue weighted by molar-refractivity contribution is 5.90. The van der Waals surface area contributed by atoms with Crippen LogP contribution in [-0.4, -0.2) is 45.9 Å². The average Bonchev–Trinajstić information content (AvgIpc) is 3.53. The van der Waals surface area contributed by atoms with Crippen molar-refractivity contribution in [2.24, 2.45) is 7.05 Å². The lowest BCUT2D eigenvalue weighted by Crippen LogP contribution is -2.47. The predicted octanol–water partition coefficient (Wildman–Crippen LogP) is 3.77. The molecule has 2 aromatic heterocycles. The van der Waals surface area contributed by atoms with E-state index in [1.165, 1.54) is 6.07 Å². The maximum atomic E-state index is 13.4. The first-order chi connectivity index (χ1) is 14.7. The van der Waals surface area contributed by atoms with Gasteiger partial charge in [0.25, 0.3) is 0 Å². The van der Waals surface area contributed by atoms with Gasteiger partial charge in [0.1, 0.15) is 6.33 Å². The lowest BCUT2D eigenvalue weighted by molar-refractivity contribution is 0.584. The zero-order valence-electron chi connectivity index (χ0n) is 16.8. The Morgan fingerprint density at radius 3 is 2.43 bits per heavy atom. The van der Waals surface area contributed by atoms with Crippen molar-refractivity contribution in [3.8, 4) is 11.1 Å². The van der Waals surface area contributed by atoms with E-state index in [4.69, 9.17) is 6.57 Å². The average molecular weight is 403 g/mol. The second-order valence-corrected chi connectivity index (χ2v) is 7.87. The first kappa shape index (κ1) is 18.6. The number of benzene rings is 1. The standard InChI is InChI=1S/C22H22FN7/c1-24-20-17(15-3-4-15)6-7-18(16-5-8-19(23)25-13-16)21(20)29-9-11-30(12-10-29)22-27-26-14-28(22)2/h5-8,13-15H,3-4,9-12H2,2H3. The van der Waals surface area contributed by atoms with Crippen LogP contribution < -0.4 is 9.80 Å². The highest BCUT2D eigenvalue weighted by Crippen LogP contribution is 2.50. The summed E-state index contributed by atoms with van der Waals surface area (Å²) in [7, 11) is 1.94. The van der Waals surface area contributed by atoms with Gasteiger partial charge in [-0.15, -0.1) is 10.2 Å². The fourth-order valence-electron chi connectivity index (χ4n) is 4.22. The van der Waals surface area contributed by atoms with E-state index < -0.39 is 5.95 Å². The number of halogens is 1. The summed E-state index contributed by atoms with van der Waals surface area (Å²) in [6, 6.07) is 7.25. The van der Waals surface area contributed by atoms with Crippen molar-refractivity contribution in [3.63, 3.8) is 0 Å². The van der Waals surface area contributed by atoms with Crippen molar-refractivity contribution in [3.05, 3.63) is 59.7 Å². The minimum Gasteiger partial charge on any atom is -0.376 e. The molecule has 2 aliphatic rings. The van der Waals surface area contributed by atoms with E-state index >= 15 is 0 Å². The van der Waals surface area contributed by atoms with E-state index in [2.05, 4.69) is 42.0 Å². The summed E-state index contributed by atoms with van der Waals surface area (Å²) < 4.78 is 15.3. The second-order valence-electron chi connectivity index (χ2n) is 7.87. The molecule has 1 aromatic carbocycles. The summed E-state index contributed by atoms with van der Waals surface area (Å²) >= 11 is 0. The molecule has 5 rings (SSSR count). The molecule has 1 aliphatic carbocycles. The number of anilines is 2. The second kappa shape index (κ2) is 7.41. The third-order valence-corrected chi connectivity index (χ3v) is 5.92. The molecule has 30 heavy (non-hydrogen) atoms. The molecular weight excluding hydrogens is 381 g/mol. The number of hydrogen-bond donors (Lipinski definition) is 0. The fraction of sp³-hybridized carbons (Fsp3) is 0.364. The molecule has 1 aliphatic heterocycles. The molecule has 0 unspecified atom stereocenters. The molecule has 0 atom stereocenters. The van der Waals surface area contributed by atoms with Crippen molar-refractivity contribution >= 4 is 17.3 Å². The molecule has 8 heteroatoms. The van der Waals surface area contributed by atoms with Gasteiger partial charge >= 0.3 is 0 Å². The highest BCUT2D eigenvalue weighted by atomic mass is 19.1. The summed E-state index contributed by atoms with van der Waals surface area (Å²) in [5.74, 6) is 0.834. The Morgan fingerprint density at radius 1 is 1.07 bits per heavy atom. The van der Waals surface area contributed by atoms with Gasteiger partial charge in [-0.05, 0) is 42.0 Å². The molecular formula is C22H22FN7. The van der Waals surface area contributed by atoms with Gasteiger partial charge in [0.2, 0.25) is 17.6 Å². The van der Waals surface area contributed by atoms with E-state index in [0.717, 1.165) is 73.0 Å². The summed E-state index contributed by atoms with van der Waals surface area (Å²) in [4.78, 5) is 12.3. The van der Waals surface area contributed by atoms with Crippen LogP contribution in [0.5, 0.6) is 0 Å². The van der Waals surface area contributed by atoms with Gasteiger partial charge in [0, 0.05) is 45.0 Å². The lowest BCUT2D eigenvalue weighted by atomic mass is 9.97. The number of rotatable bonds is 4. The number of aryl methyl sites for hydroxylation is 1. The largest absolute Gasteiger partial charge is 0.376 e. The van der Waals surface area contributed by atoms with Crippen LogP contribution in [0, 0.1) is 12.5 Å². The van der Waals surface area contributed by atoms with Gasteiger partial charge in [0.15, 0.2) is 0 Å². The SMILES string of the molecule is [C-]#[N+]c1c(C2CC2)ccc(-c2ccc(F)nc2)c1N1CCN(c2nncn2C)CC1. The maximum Gasteiger partial charge on any atom is 0.226 e. The van der Waals surface area contributed by atoms with Crippen LogP contribution in [0.3, 0.4) is 0 Å². The Bertz CT molecular complexity index is 1100. The molecule has 152 valence electrons.